The fourth-order valence-corrected chi connectivity index (χ4v) is 3.63. The van der Waals surface area contributed by atoms with Crippen LogP contribution in [0.5, 0.6) is 0 Å². The Hall–Kier alpha value is -1.76. The molecule has 0 aliphatic rings. The molecule has 1 amide bonds. The molecule has 0 radical (unpaired) electrons. The van der Waals surface area contributed by atoms with Gasteiger partial charge < -0.3 is 5.32 Å². The third-order valence-electron chi connectivity index (χ3n) is 3.82. The summed E-state index contributed by atoms with van der Waals surface area (Å²) >= 11 is 5.96. The van der Waals surface area contributed by atoms with Gasteiger partial charge in [0.25, 0.3) is 5.91 Å². The van der Waals surface area contributed by atoms with Gasteiger partial charge in [-0.1, -0.05) is 32.4 Å². The van der Waals surface area contributed by atoms with Gasteiger partial charge in [-0.2, -0.15) is 13.2 Å². The third-order valence-corrected chi connectivity index (χ3v) is 4.09. The number of aryl methyl sites for hydroxylation is 1. The second-order valence-corrected chi connectivity index (χ2v) is 8.80. The number of carbonyl (C=O) groups is 1. The van der Waals surface area contributed by atoms with Crippen LogP contribution < -0.4 is 5.32 Å². The maximum atomic E-state index is 13.1. The normalized spacial score (nSPS) is 13.3. The van der Waals surface area contributed by atoms with Gasteiger partial charge in [0, 0.05) is 11.7 Å². The fraction of sp³-hybridized carbons (Fsp3) is 0.556. The molecule has 0 aromatic carbocycles. The molecule has 26 heavy (non-hydrogen) atoms. The van der Waals surface area contributed by atoms with Crippen molar-refractivity contribution in [3.63, 3.8) is 0 Å². The molecule has 8 heteroatoms. The van der Waals surface area contributed by atoms with Crippen molar-refractivity contribution < 1.29 is 18.0 Å². The second kappa shape index (κ2) is 6.44. The summed E-state index contributed by atoms with van der Waals surface area (Å²) in [5, 5.41) is 2.75. The smallest absolute Gasteiger partial charge is 0.346 e. The van der Waals surface area contributed by atoms with Gasteiger partial charge in [0.1, 0.15) is 5.69 Å². The topological polar surface area (TPSA) is 46.4 Å². The van der Waals surface area contributed by atoms with Crippen LogP contribution in [-0.2, 0) is 6.18 Å². The number of fused-ring (bicyclic) bond motifs is 1. The molecule has 0 spiro atoms. The van der Waals surface area contributed by atoms with Crippen molar-refractivity contribution in [3.8, 4) is 0 Å². The Balaban J connectivity index is 2.50. The molecule has 0 atom stereocenters. The number of aromatic nitrogens is 2. The molecule has 0 unspecified atom stereocenters. The number of pyridine rings is 1. The summed E-state index contributed by atoms with van der Waals surface area (Å²) in [7, 11) is 0. The van der Waals surface area contributed by atoms with Crippen molar-refractivity contribution in [2.45, 2.75) is 59.7 Å². The van der Waals surface area contributed by atoms with Gasteiger partial charge in [0.05, 0.1) is 16.3 Å². The van der Waals surface area contributed by atoms with E-state index < -0.39 is 23.2 Å². The van der Waals surface area contributed by atoms with Gasteiger partial charge in [-0.05, 0) is 38.7 Å². The number of imidazole rings is 1. The molecular formula is C18H23ClF3N3O. The third kappa shape index (κ3) is 4.50. The summed E-state index contributed by atoms with van der Waals surface area (Å²) in [5.41, 5.74) is -1.02. The Morgan fingerprint density at radius 3 is 2.31 bits per heavy atom. The highest BCUT2D eigenvalue weighted by molar-refractivity contribution is 6.33. The first-order valence-corrected chi connectivity index (χ1v) is 8.56. The van der Waals surface area contributed by atoms with Crippen LogP contribution in [0.15, 0.2) is 12.3 Å². The molecule has 0 fully saturated rings. The highest BCUT2D eigenvalue weighted by atomic mass is 35.5. The van der Waals surface area contributed by atoms with E-state index in [2.05, 4.69) is 31.1 Å². The van der Waals surface area contributed by atoms with Crippen molar-refractivity contribution >= 4 is 23.2 Å². The van der Waals surface area contributed by atoms with Crippen LogP contribution in [0.2, 0.25) is 5.02 Å². The number of nitrogens with one attached hydrogen (secondary N) is 1. The number of rotatable bonds is 3. The first-order valence-electron chi connectivity index (χ1n) is 8.19. The maximum Gasteiger partial charge on any atom is 0.417 e. The first kappa shape index (κ1) is 20.6. The van der Waals surface area contributed by atoms with E-state index in [1.807, 2.05) is 13.8 Å². The van der Waals surface area contributed by atoms with Crippen LogP contribution in [0.25, 0.3) is 5.65 Å². The Morgan fingerprint density at radius 1 is 1.23 bits per heavy atom. The largest absolute Gasteiger partial charge is 0.417 e. The summed E-state index contributed by atoms with van der Waals surface area (Å²) < 4.78 is 40.4. The van der Waals surface area contributed by atoms with Gasteiger partial charge in [-0.15, -0.1) is 0 Å². The molecule has 0 aliphatic carbocycles. The van der Waals surface area contributed by atoms with Gasteiger partial charge in [0.15, 0.2) is 5.65 Å². The van der Waals surface area contributed by atoms with Crippen LogP contribution in [0.4, 0.5) is 13.2 Å². The molecule has 0 saturated heterocycles. The van der Waals surface area contributed by atoms with E-state index in [1.54, 1.807) is 6.92 Å². The zero-order valence-corrected chi connectivity index (χ0v) is 16.4. The molecule has 2 aromatic heterocycles. The monoisotopic (exact) mass is 389 g/mol. The zero-order valence-electron chi connectivity index (χ0n) is 15.7. The minimum absolute atomic E-state index is 0.0297. The maximum absolute atomic E-state index is 13.1. The lowest BCUT2D eigenvalue weighted by molar-refractivity contribution is -0.137. The Bertz CT molecular complexity index is 848. The van der Waals surface area contributed by atoms with E-state index in [1.165, 1.54) is 0 Å². The van der Waals surface area contributed by atoms with Crippen LogP contribution in [0.3, 0.4) is 0 Å². The van der Waals surface area contributed by atoms with E-state index in [0.717, 1.165) is 16.7 Å². The Labute approximate surface area is 155 Å². The minimum atomic E-state index is -4.57. The predicted molar refractivity (Wildman–Crippen MR) is 95.6 cm³/mol. The minimum Gasteiger partial charge on any atom is -0.346 e. The van der Waals surface area contributed by atoms with E-state index in [4.69, 9.17) is 11.6 Å². The summed E-state index contributed by atoms with van der Waals surface area (Å²) in [4.78, 5) is 17.0. The molecule has 4 nitrogen and oxygen atoms in total. The Kier molecular flexibility index (Phi) is 5.09. The molecular weight excluding hydrogens is 367 g/mol. The van der Waals surface area contributed by atoms with Crippen LogP contribution in [0.1, 0.15) is 62.8 Å². The number of hydrogen-bond acceptors (Lipinski definition) is 2. The van der Waals surface area contributed by atoms with Crippen molar-refractivity contribution in [1.82, 2.24) is 14.7 Å². The first-order chi connectivity index (χ1) is 11.6. The van der Waals surface area contributed by atoms with Crippen LogP contribution >= 0.6 is 11.6 Å². The standard InChI is InChI=1S/C18H23ClF3N3O/c1-10-13(15(26)24-17(5,6)9-16(2,3)4)25-8-11(18(20,21)22)7-12(19)14(25)23-10/h7-8H,9H2,1-6H3,(H,24,26). The second-order valence-electron chi connectivity index (χ2n) is 8.39. The molecule has 2 rings (SSSR count). The average Bonchev–Trinajstić information content (AvgIpc) is 2.70. The van der Waals surface area contributed by atoms with Crippen molar-refractivity contribution in [2.24, 2.45) is 5.41 Å². The number of amides is 1. The lowest BCUT2D eigenvalue weighted by atomic mass is 9.82. The summed E-state index contributed by atoms with van der Waals surface area (Å²) in [6, 6.07) is 0.814. The highest BCUT2D eigenvalue weighted by Gasteiger charge is 2.34. The highest BCUT2D eigenvalue weighted by Crippen LogP contribution is 2.33. The number of nitrogens with zero attached hydrogens (tertiary/aromatic N) is 2. The lowest BCUT2D eigenvalue weighted by Crippen LogP contribution is -2.46. The van der Waals surface area contributed by atoms with E-state index in [9.17, 15) is 18.0 Å². The van der Waals surface area contributed by atoms with Crippen molar-refractivity contribution in [3.05, 3.63) is 34.2 Å². The number of alkyl halides is 3. The summed E-state index contributed by atoms with van der Waals surface area (Å²) in [5.74, 6) is -0.486. The van der Waals surface area contributed by atoms with Gasteiger partial charge >= 0.3 is 6.18 Å². The predicted octanol–water partition coefficient (Wildman–Crippen LogP) is 5.26. The molecule has 0 aliphatic heterocycles. The molecule has 2 aromatic rings. The quantitative estimate of drug-likeness (QED) is 0.778. The molecule has 0 saturated carbocycles. The summed E-state index contributed by atoms with van der Waals surface area (Å²) in [6.07, 6.45) is -3.03. The lowest BCUT2D eigenvalue weighted by Gasteiger charge is -2.33. The number of hydrogen-bond donors (Lipinski definition) is 1. The zero-order chi connectivity index (χ0) is 20.1. The number of carbonyl (C=O) groups excluding carboxylic acids is 1. The summed E-state index contributed by atoms with van der Waals surface area (Å²) in [6.45, 7) is 11.5. The van der Waals surface area contributed by atoms with Crippen molar-refractivity contribution in [1.29, 1.82) is 0 Å². The van der Waals surface area contributed by atoms with E-state index in [-0.39, 0.29) is 21.8 Å². The van der Waals surface area contributed by atoms with Crippen LogP contribution in [0, 0.1) is 12.3 Å². The fourth-order valence-electron chi connectivity index (χ4n) is 3.38. The van der Waals surface area contributed by atoms with E-state index in [0.29, 0.717) is 12.1 Å². The molecule has 1 N–H and O–H groups in total. The van der Waals surface area contributed by atoms with Gasteiger partial charge in [-0.3, -0.25) is 9.20 Å². The average molecular weight is 390 g/mol. The number of halogens is 4. The van der Waals surface area contributed by atoms with Gasteiger partial charge in [-0.25, -0.2) is 4.98 Å². The SMILES string of the molecule is Cc1nc2c(Cl)cc(C(F)(F)F)cn2c1C(=O)NC(C)(C)CC(C)(C)C. The Morgan fingerprint density at radius 2 is 1.81 bits per heavy atom. The molecule has 144 valence electrons. The van der Waals surface area contributed by atoms with E-state index >= 15 is 0 Å². The van der Waals surface area contributed by atoms with Crippen molar-refractivity contribution in [2.75, 3.05) is 0 Å². The van der Waals surface area contributed by atoms with Gasteiger partial charge in [0.2, 0.25) is 0 Å². The molecule has 2 heterocycles. The molecule has 0 bridgehead atoms. The van der Waals surface area contributed by atoms with Crippen LogP contribution in [-0.4, -0.2) is 20.8 Å².